The molecule has 18 heavy (non-hydrogen) atoms. The highest BCUT2D eigenvalue weighted by molar-refractivity contribution is 7.98. The predicted octanol–water partition coefficient (Wildman–Crippen LogP) is 1.93. The van der Waals surface area contributed by atoms with E-state index in [9.17, 15) is 4.79 Å². The smallest absolute Gasteiger partial charge is 0.293 e. The lowest BCUT2D eigenvalue weighted by Gasteiger charge is -2.22. The molecule has 0 fully saturated rings. The number of nitrogens with one attached hydrogen (secondary N) is 1. The number of amides is 1. The molecule has 1 heterocycles. The Balaban J connectivity index is 2.82. The Morgan fingerprint density at radius 2 is 2.11 bits per heavy atom. The zero-order chi connectivity index (χ0) is 13.9. The Bertz CT molecular complexity index is 410. The summed E-state index contributed by atoms with van der Waals surface area (Å²) in [7, 11) is 1.79. The standard InChI is InChI=1S/C12H22N4OS/c1-8(7-18-6)16(5)10(17)9-13-11(15-14-9)12(2,3)4/h8H,7H2,1-6H3,(H,13,14,15). The van der Waals surface area contributed by atoms with Crippen LogP contribution in [0.15, 0.2) is 0 Å². The van der Waals surface area contributed by atoms with Crippen molar-refractivity contribution in [2.45, 2.75) is 39.2 Å². The quantitative estimate of drug-likeness (QED) is 0.908. The van der Waals surface area contributed by atoms with Crippen LogP contribution in [0.3, 0.4) is 0 Å². The van der Waals surface area contributed by atoms with Crippen LogP contribution >= 0.6 is 11.8 Å². The number of carbonyl (C=O) groups is 1. The fourth-order valence-corrected chi connectivity index (χ4v) is 2.11. The molecule has 1 atom stereocenters. The van der Waals surface area contributed by atoms with Gasteiger partial charge in [0.1, 0.15) is 5.82 Å². The monoisotopic (exact) mass is 270 g/mol. The summed E-state index contributed by atoms with van der Waals surface area (Å²) >= 11 is 1.72. The predicted molar refractivity (Wildman–Crippen MR) is 75.0 cm³/mol. The lowest BCUT2D eigenvalue weighted by molar-refractivity contribution is 0.0745. The summed E-state index contributed by atoms with van der Waals surface area (Å²) < 4.78 is 0. The summed E-state index contributed by atoms with van der Waals surface area (Å²) in [6.07, 6.45) is 2.03. The third-order valence-electron chi connectivity index (χ3n) is 2.78. The van der Waals surface area contributed by atoms with Gasteiger partial charge < -0.3 is 4.90 Å². The Morgan fingerprint density at radius 1 is 1.50 bits per heavy atom. The molecule has 0 saturated heterocycles. The summed E-state index contributed by atoms with van der Waals surface area (Å²) in [6, 6.07) is 0.170. The molecule has 0 bridgehead atoms. The molecule has 1 aromatic rings. The molecule has 102 valence electrons. The largest absolute Gasteiger partial charge is 0.335 e. The Hall–Kier alpha value is -1.04. The topological polar surface area (TPSA) is 61.9 Å². The fourth-order valence-electron chi connectivity index (χ4n) is 1.40. The average molecular weight is 270 g/mol. The van der Waals surface area contributed by atoms with E-state index in [4.69, 9.17) is 0 Å². The summed E-state index contributed by atoms with van der Waals surface area (Å²) in [5.41, 5.74) is -0.130. The van der Waals surface area contributed by atoms with Gasteiger partial charge in [-0.15, -0.1) is 5.10 Å². The number of aromatic nitrogens is 3. The molecule has 0 radical (unpaired) electrons. The van der Waals surface area contributed by atoms with Gasteiger partial charge in [-0.25, -0.2) is 4.98 Å². The average Bonchev–Trinajstić information content (AvgIpc) is 2.76. The Kier molecular flexibility index (Phi) is 4.78. The lowest BCUT2D eigenvalue weighted by atomic mass is 9.96. The van der Waals surface area contributed by atoms with E-state index >= 15 is 0 Å². The van der Waals surface area contributed by atoms with Crippen LogP contribution < -0.4 is 0 Å². The maximum Gasteiger partial charge on any atom is 0.293 e. The van der Waals surface area contributed by atoms with Crippen LogP contribution in [-0.4, -0.2) is 51.1 Å². The summed E-state index contributed by atoms with van der Waals surface area (Å²) in [6.45, 7) is 8.11. The second kappa shape index (κ2) is 5.73. The zero-order valence-electron chi connectivity index (χ0n) is 11.9. The molecule has 1 rings (SSSR count). The van der Waals surface area contributed by atoms with Gasteiger partial charge in [-0.3, -0.25) is 9.89 Å². The van der Waals surface area contributed by atoms with Crippen LogP contribution in [0.2, 0.25) is 0 Å². The van der Waals surface area contributed by atoms with Crippen molar-refractivity contribution in [3.63, 3.8) is 0 Å². The molecule has 1 unspecified atom stereocenters. The fraction of sp³-hybridized carbons (Fsp3) is 0.750. The van der Waals surface area contributed by atoms with Crippen molar-refractivity contribution >= 4 is 17.7 Å². The normalized spacial score (nSPS) is 13.4. The number of thioether (sulfide) groups is 1. The number of carbonyl (C=O) groups excluding carboxylic acids is 1. The van der Waals surface area contributed by atoms with Crippen molar-refractivity contribution in [2.75, 3.05) is 19.1 Å². The van der Waals surface area contributed by atoms with Gasteiger partial charge in [-0.1, -0.05) is 20.8 Å². The zero-order valence-corrected chi connectivity index (χ0v) is 12.8. The number of hydrogen-bond donors (Lipinski definition) is 1. The van der Waals surface area contributed by atoms with Crippen molar-refractivity contribution in [3.05, 3.63) is 11.6 Å². The highest BCUT2D eigenvalue weighted by Crippen LogP contribution is 2.18. The van der Waals surface area contributed by atoms with Crippen LogP contribution in [-0.2, 0) is 5.41 Å². The first kappa shape index (κ1) is 15.0. The molecule has 5 nitrogen and oxygen atoms in total. The molecule has 0 aliphatic rings. The molecule has 0 spiro atoms. The van der Waals surface area contributed by atoms with Crippen molar-refractivity contribution in [1.82, 2.24) is 20.1 Å². The van der Waals surface area contributed by atoms with Gasteiger partial charge in [-0.05, 0) is 13.2 Å². The van der Waals surface area contributed by atoms with E-state index in [1.165, 1.54) is 0 Å². The summed E-state index contributed by atoms with van der Waals surface area (Å²) in [5, 5.41) is 6.85. The number of hydrogen-bond acceptors (Lipinski definition) is 4. The molecular formula is C12H22N4OS. The van der Waals surface area contributed by atoms with E-state index in [2.05, 4.69) is 15.2 Å². The molecule has 1 N–H and O–H groups in total. The van der Waals surface area contributed by atoms with E-state index in [1.807, 2.05) is 34.0 Å². The van der Waals surface area contributed by atoms with Gasteiger partial charge >= 0.3 is 0 Å². The van der Waals surface area contributed by atoms with E-state index in [-0.39, 0.29) is 23.2 Å². The first-order valence-electron chi connectivity index (χ1n) is 5.96. The molecule has 1 amide bonds. The van der Waals surface area contributed by atoms with E-state index < -0.39 is 0 Å². The number of nitrogens with zero attached hydrogens (tertiary/aromatic N) is 3. The van der Waals surface area contributed by atoms with Crippen molar-refractivity contribution in [3.8, 4) is 0 Å². The minimum absolute atomic E-state index is 0.130. The summed E-state index contributed by atoms with van der Waals surface area (Å²) in [5.74, 6) is 1.74. The van der Waals surface area contributed by atoms with Gasteiger partial charge in [0.2, 0.25) is 5.82 Å². The lowest BCUT2D eigenvalue weighted by Crippen LogP contribution is -2.37. The minimum atomic E-state index is -0.136. The van der Waals surface area contributed by atoms with E-state index in [0.29, 0.717) is 0 Å². The van der Waals surface area contributed by atoms with Crippen LogP contribution in [0.4, 0.5) is 0 Å². The Labute approximate surface area is 113 Å². The highest BCUT2D eigenvalue weighted by Gasteiger charge is 2.24. The van der Waals surface area contributed by atoms with E-state index in [0.717, 1.165) is 11.6 Å². The molecule has 0 saturated carbocycles. The summed E-state index contributed by atoms with van der Waals surface area (Å²) in [4.78, 5) is 18.1. The van der Waals surface area contributed by atoms with Crippen LogP contribution in [0.1, 0.15) is 44.1 Å². The van der Waals surface area contributed by atoms with E-state index in [1.54, 1.807) is 23.7 Å². The molecule has 0 aromatic carbocycles. The van der Waals surface area contributed by atoms with Gasteiger partial charge in [0.05, 0.1) is 0 Å². The van der Waals surface area contributed by atoms with Crippen LogP contribution in [0, 0.1) is 0 Å². The van der Waals surface area contributed by atoms with Crippen molar-refractivity contribution in [1.29, 1.82) is 0 Å². The number of H-pyrrole nitrogens is 1. The Morgan fingerprint density at radius 3 is 2.56 bits per heavy atom. The maximum atomic E-state index is 12.2. The first-order chi connectivity index (χ1) is 8.27. The van der Waals surface area contributed by atoms with Gasteiger partial charge in [-0.2, -0.15) is 11.8 Å². The van der Waals surface area contributed by atoms with Gasteiger partial charge in [0.15, 0.2) is 0 Å². The van der Waals surface area contributed by atoms with Crippen LogP contribution in [0.5, 0.6) is 0 Å². The molecule has 6 heteroatoms. The van der Waals surface area contributed by atoms with Crippen molar-refractivity contribution < 1.29 is 4.79 Å². The van der Waals surface area contributed by atoms with Gasteiger partial charge in [0, 0.05) is 24.3 Å². The van der Waals surface area contributed by atoms with Crippen LogP contribution in [0.25, 0.3) is 0 Å². The maximum absolute atomic E-state index is 12.2. The molecule has 0 aliphatic heterocycles. The SMILES string of the molecule is CSCC(C)N(C)C(=O)c1n[nH]c(C(C)(C)C)n1. The second-order valence-corrected chi connectivity index (χ2v) is 6.39. The minimum Gasteiger partial charge on any atom is -0.335 e. The number of rotatable bonds is 4. The second-order valence-electron chi connectivity index (χ2n) is 5.48. The third-order valence-corrected chi connectivity index (χ3v) is 3.59. The first-order valence-corrected chi connectivity index (χ1v) is 7.35. The molecule has 1 aromatic heterocycles. The van der Waals surface area contributed by atoms with Gasteiger partial charge in [0.25, 0.3) is 5.91 Å². The molecule has 0 aliphatic carbocycles. The van der Waals surface area contributed by atoms with Crippen molar-refractivity contribution in [2.24, 2.45) is 0 Å². The third kappa shape index (κ3) is 3.48. The highest BCUT2D eigenvalue weighted by atomic mass is 32.2. The number of aromatic amines is 1. The molecular weight excluding hydrogens is 248 g/mol.